The Hall–Kier alpha value is -3.66. The van der Waals surface area contributed by atoms with Gasteiger partial charge in [-0.3, -0.25) is 4.79 Å². The Morgan fingerprint density at radius 1 is 1.50 bits per heavy atom. The predicted molar refractivity (Wildman–Crippen MR) is 88.5 cm³/mol. The number of carboxylic acid groups (broad SMARTS) is 1. The fourth-order valence-corrected chi connectivity index (χ4v) is 2.59. The average Bonchev–Trinajstić information content (AvgIpc) is 2.89. The highest BCUT2D eigenvalue weighted by Crippen LogP contribution is 2.26. The van der Waals surface area contributed by atoms with Crippen molar-refractivity contribution in [1.82, 2.24) is 14.5 Å². The number of hydrogen-bond acceptors (Lipinski definition) is 4. The van der Waals surface area contributed by atoms with Crippen LogP contribution in [-0.2, 0) is 7.05 Å². The molecule has 3 aromatic heterocycles. The molecule has 24 heavy (non-hydrogen) atoms. The van der Waals surface area contributed by atoms with Crippen molar-refractivity contribution in [2.45, 2.75) is 0 Å². The molecule has 3 aromatic rings. The largest absolute Gasteiger partial charge is 0.477 e. The normalized spacial score (nSPS) is 10.5. The first-order chi connectivity index (χ1) is 11.5. The molecule has 0 radical (unpaired) electrons. The number of aromatic carboxylic acids is 1. The zero-order chi connectivity index (χ0) is 17.4. The highest BCUT2D eigenvalue weighted by molar-refractivity contribution is 5.91. The van der Waals surface area contributed by atoms with E-state index in [0.717, 1.165) is 0 Å². The standard InChI is InChI=1S/C17H12N4O3/c1-3-9-4-13(17(23)24)16(22)20-14(9)10-5-12-11(6-18)8-21(2)15(12)19-7-10/h3-5,7-8H,1H2,2H3,(H,20,22)(H,23,24). The van der Waals surface area contributed by atoms with Crippen molar-refractivity contribution in [3.05, 3.63) is 58.1 Å². The van der Waals surface area contributed by atoms with E-state index in [2.05, 4.69) is 22.6 Å². The molecule has 0 aliphatic rings. The van der Waals surface area contributed by atoms with Crippen molar-refractivity contribution < 1.29 is 9.90 Å². The number of fused-ring (bicyclic) bond motifs is 1. The van der Waals surface area contributed by atoms with E-state index in [1.165, 1.54) is 12.1 Å². The lowest BCUT2D eigenvalue weighted by Gasteiger charge is -2.08. The number of nitrogens with one attached hydrogen (secondary N) is 1. The second-order valence-electron chi connectivity index (χ2n) is 5.21. The molecule has 3 heterocycles. The van der Waals surface area contributed by atoms with Crippen LogP contribution >= 0.6 is 0 Å². The molecule has 7 heteroatoms. The lowest BCUT2D eigenvalue weighted by Crippen LogP contribution is -2.18. The van der Waals surface area contributed by atoms with Gasteiger partial charge in [0.15, 0.2) is 0 Å². The number of rotatable bonds is 3. The van der Waals surface area contributed by atoms with Gasteiger partial charge in [-0.2, -0.15) is 5.26 Å². The Labute approximate surface area is 136 Å². The van der Waals surface area contributed by atoms with Gasteiger partial charge in [0.1, 0.15) is 17.3 Å². The molecule has 2 N–H and O–H groups in total. The molecule has 0 spiro atoms. The van der Waals surface area contributed by atoms with Gasteiger partial charge < -0.3 is 14.7 Å². The summed E-state index contributed by atoms with van der Waals surface area (Å²) < 4.78 is 1.74. The fraction of sp³-hybridized carbons (Fsp3) is 0.0588. The number of pyridine rings is 2. The van der Waals surface area contributed by atoms with Gasteiger partial charge in [0, 0.05) is 30.4 Å². The van der Waals surface area contributed by atoms with E-state index in [-0.39, 0.29) is 5.56 Å². The maximum Gasteiger partial charge on any atom is 0.341 e. The van der Waals surface area contributed by atoms with E-state index in [1.807, 2.05) is 0 Å². The summed E-state index contributed by atoms with van der Waals surface area (Å²) in [6.07, 6.45) is 4.69. The van der Waals surface area contributed by atoms with Crippen molar-refractivity contribution in [2.24, 2.45) is 7.05 Å². The molecule has 3 rings (SSSR count). The summed E-state index contributed by atoms with van der Waals surface area (Å²) in [6.45, 7) is 3.66. The minimum Gasteiger partial charge on any atom is -0.477 e. The Bertz CT molecular complexity index is 1100. The first-order valence-corrected chi connectivity index (χ1v) is 6.95. The van der Waals surface area contributed by atoms with Crippen LogP contribution in [0.1, 0.15) is 21.5 Å². The summed E-state index contributed by atoms with van der Waals surface area (Å²) in [5, 5.41) is 18.9. The Kier molecular flexibility index (Phi) is 3.50. The van der Waals surface area contributed by atoms with Crippen LogP contribution in [0, 0.1) is 11.3 Å². The highest BCUT2D eigenvalue weighted by Gasteiger charge is 2.15. The quantitative estimate of drug-likeness (QED) is 0.768. The predicted octanol–water partition coefficient (Wildman–Crippen LogP) is 2.14. The molecule has 0 aliphatic heterocycles. The summed E-state index contributed by atoms with van der Waals surface area (Å²) in [4.78, 5) is 30.0. The second kappa shape index (κ2) is 5.52. The van der Waals surface area contributed by atoms with Gasteiger partial charge in [-0.15, -0.1) is 0 Å². The monoisotopic (exact) mass is 320 g/mol. The first kappa shape index (κ1) is 15.2. The van der Waals surface area contributed by atoms with E-state index >= 15 is 0 Å². The van der Waals surface area contributed by atoms with Crippen LogP contribution in [0.15, 0.2) is 35.9 Å². The van der Waals surface area contributed by atoms with Crippen LogP contribution < -0.4 is 5.56 Å². The summed E-state index contributed by atoms with van der Waals surface area (Å²) in [6, 6.07) is 5.11. The number of aromatic amines is 1. The van der Waals surface area contributed by atoms with E-state index in [4.69, 9.17) is 5.11 Å². The molecular formula is C17H12N4O3. The van der Waals surface area contributed by atoms with E-state index < -0.39 is 11.5 Å². The SMILES string of the molecule is C=Cc1cc(C(=O)O)c(=O)[nH]c1-c1cnc2c(c1)c(C#N)cn2C. The number of carboxylic acids is 1. The lowest BCUT2D eigenvalue weighted by atomic mass is 10.0. The minimum atomic E-state index is -1.31. The van der Waals surface area contributed by atoms with Crippen LogP contribution in [-0.4, -0.2) is 25.6 Å². The molecule has 0 saturated carbocycles. The van der Waals surface area contributed by atoms with Crippen LogP contribution in [0.3, 0.4) is 0 Å². The Morgan fingerprint density at radius 3 is 2.88 bits per heavy atom. The number of hydrogen-bond donors (Lipinski definition) is 2. The smallest absolute Gasteiger partial charge is 0.341 e. The molecule has 0 aliphatic carbocycles. The van der Waals surface area contributed by atoms with Crippen molar-refractivity contribution in [3.8, 4) is 17.3 Å². The Morgan fingerprint density at radius 2 is 2.25 bits per heavy atom. The number of carbonyl (C=O) groups is 1. The molecular weight excluding hydrogens is 308 g/mol. The molecule has 0 aromatic carbocycles. The van der Waals surface area contributed by atoms with Crippen molar-refractivity contribution in [1.29, 1.82) is 5.26 Å². The van der Waals surface area contributed by atoms with Gasteiger partial charge in [-0.05, 0) is 17.7 Å². The maximum atomic E-state index is 12.0. The van der Waals surface area contributed by atoms with E-state index in [9.17, 15) is 14.9 Å². The zero-order valence-corrected chi connectivity index (χ0v) is 12.7. The summed E-state index contributed by atoms with van der Waals surface area (Å²) in [5.41, 5.74) is 1.46. The molecule has 0 bridgehead atoms. The van der Waals surface area contributed by atoms with E-state index in [1.54, 1.807) is 30.1 Å². The van der Waals surface area contributed by atoms with Gasteiger partial charge in [0.2, 0.25) is 0 Å². The summed E-state index contributed by atoms with van der Waals surface area (Å²) in [5.74, 6) is -1.31. The Balaban J connectivity index is 2.30. The van der Waals surface area contributed by atoms with Gasteiger partial charge in [-0.1, -0.05) is 12.7 Å². The number of aromatic nitrogens is 3. The fourth-order valence-electron chi connectivity index (χ4n) is 2.59. The minimum absolute atomic E-state index is 0.361. The lowest BCUT2D eigenvalue weighted by molar-refractivity contribution is 0.0695. The van der Waals surface area contributed by atoms with Crippen LogP contribution in [0.2, 0.25) is 0 Å². The molecule has 0 atom stereocenters. The number of nitrogens with zero attached hydrogens (tertiary/aromatic N) is 3. The average molecular weight is 320 g/mol. The number of aryl methyl sites for hydroxylation is 1. The molecule has 0 fully saturated rings. The second-order valence-corrected chi connectivity index (χ2v) is 5.21. The van der Waals surface area contributed by atoms with Gasteiger partial charge in [0.05, 0.1) is 11.3 Å². The van der Waals surface area contributed by atoms with Crippen molar-refractivity contribution >= 4 is 23.1 Å². The molecule has 0 saturated heterocycles. The topological polar surface area (TPSA) is 112 Å². The molecule has 0 amide bonds. The highest BCUT2D eigenvalue weighted by atomic mass is 16.4. The number of H-pyrrole nitrogens is 1. The third-order valence-electron chi connectivity index (χ3n) is 3.74. The summed E-state index contributed by atoms with van der Waals surface area (Å²) >= 11 is 0. The molecule has 0 unspecified atom stereocenters. The number of nitriles is 1. The van der Waals surface area contributed by atoms with Crippen LogP contribution in [0.4, 0.5) is 0 Å². The molecule has 7 nitrogen and oxygen atoms in total. The van der Waals surface area contributed by atoms with Crippen LogP contribution in [0.25, 0.3) is 28.4 Å². The third-order valence-corrected chi connectivity index (χ3v) is 3.74. The van der Waals surface area contributed by atoms with Crippen molar-refractivity contribution in [3.63, 3.8) is 0 Å². The van der Waals surface area contributed by atoms with E-state index in [0.29, 0.717) is 33.4 Å². The van der Waals surface area contributed by atoms with Gasteiger partial charge in [-0.25, -0.2) is 9.78 Å². The first-order valence-electron chi connectivity index (χ1n) is 6.95. The van der Waals surface area contributed by atoms with Crippen molar-refractivity contribution in [2.75, 3.05) is 0 Å². The third kappa shape index (κ3) is 2.27. The van der Waals surface area contributed by atoms with Crippen LogP contribution in [0.5, 0.6) is 0 Å². The maximum absolute atomic E-state index is 12.0. The van der Waals surface area contributed by atoms with Gasteiger partial charge in [0.25, 0.3) is 5.56 Å². The van der Waals surface area contributed by atoms with Gasteiger partial charge >= 0.3 is 5.97 Å². The summed E-state index contributed by atoms with van der Waals surface area (Å²) in [7, 11) is 1.79. The zero-order valence-electron chi connectivity index (χ0n) is 12.7. The molecule has 118 valence electrons.